The molecule has 206 valence electrons. The maximum atomic E-state index is 13.4. The van der Waals surface area contributed by atoms with E-state index < -0.39 is 21.5 Å². The van der Waals surface area contributed by atoms with Gasteiger partial charge in [-0.1, -0.05) is 64.2 Å². The molecule has 1 aromatic rings. The molecule has 0 amide bonds. The molecule has 0 aliphatic heterocycles. The third kappa shape index (κ3) is 4.38. The molecule has 0 spiro atoms. The predicted molar refractivity (Wildman–Crippen MR) is 144 cm³/mol. The van der Waals surface area contributed by atoms with Crippen molar-refractivity contribution in [1.82, 2.24) is 0 Å². The number of carbonyl (C=O) groups is 1. The van der Waals surface area contributed by atoms with Crippen molar-refractivity contribution in [2.45, 2.75) is 109 Å². The van der Waals surface area contributed by atoms with Crippen molar-refractivity contribution >= 4 is 16.1 Å². The lowest BCUT2D eigenvalue weighted by Crippen LogP contribution is -2.57. The Hall–Kier alpha value is -1.40. The number of aryl methyl sites for hydroxylation is 1. The maximum absolute atomic E-state index is 13.4. The molecular formula is C31H46O5S. The van der Waals surface area contributed by atoms with Crippen LogP contribution in [0.1, 0.15) is 97.0 Å². The predicted octanol–water partition coefficient (Wildman–Crippen LogP) is 7.23. The number of aliphatic carboxylic acids is 1. The molecule has 5 nitrogen and oxygen atoms in total. The normalized spacial score (nSPS) is 40.3. The van der Waals surface area contributed by atoms with Crippen LogP contribution in [0.2, 0.25) is 0 Å². The maximum Gasteiger partial charge on any atom is 0.310 e. The molecule has 1 aromatic carbocycles. The minimum atomic E-state index is -3.88. The number of hydrogen-bond donors (Lipinski definition) is 1. The smallest absolute Gasteiger partial charge is 0.310 e. The van der Waals surface area contributed by atoms with Gasteiger partial charge in [0.15, 0.2) is 0 Å². The van der Waals surface area contributed by atoms with Crippen molar-refractivity contribution in [3.05, 3.63) is 29.8 Å². The Morgan fingerprint density at radius 3 is 2.49 bits per heavy atom. The number of benzene rings is 1. The van der Waals surface area contributed by atoms with Gasteiger partial charge in [0.2, 0.25) is 0 Å². The second-order valence-electron chi connectivity index (χ2n) is 13.2. The molecule has 4 aliphatic carbocycles. The minimum absolute atomic E-state index is 0.0234. The van der Waals surface area contributed by atoms with E-state index in [0.29, 0.717) is 23.7 Å². The van der Waals surface area contributed by atoms with Gasteiger partial charge < -0.3 is 5.11 Å². The molecule has 0 heterocycles. The van der Waals surface area contributed by atoms with Crippen LogP contribution in [0, 0.1) is 53.3 Å². The first-order valence-electron chi connectivity index (χ1n) is 14.8. The summed E-state index contributed by atoms with van der Waals surface area (Å²) in [6, 6.07) is 6.94. The quantitative estimate of drug-likeness (QED) is 0.376. The summed E-state index contributed by atoms with van der Waals surface area (Å²) < 4.78 is 33.1. The lowest BCUT2D eigenvalue weighted by atomic mass is 9.44. The molecule has 0 saturated heterocycles. The molecule has 9 atom stereocenters. The Morgan fingerprint density at radius 1 is 1.08 bits per heavy atom. The fraction of sp³-hybridized carbons (Fsp3) is 0.774. The van der Waals surface area contributed by atoms with Crippen molar-refractivity contribution in [1.29, 1.82) is 0 Å². The molecule has 4 saturated carbocycles. The Morgan fingerprint density at radius 2 is 1.81 bits per heavy atom. The van der Waals surface area contributed by atoms with Crippen LogP contribution in [0.25, 0.3) is 0 Å². The first-order valence-corrected chi connectivity index (χ1v) is 16.2. The van der Waals surface area contributed by atoms with Gasteiger partial charge >= 0.3 is 5.97 Å². The molecule has 6 heteroatoms. The Bertz CT molecular complexity index is 1100. The van der Waals surface area contributed by atoms with Gasteiger partial charge in [-0.25, -0.2) is 0 Å². The molecule has 4 fully saturated rings. The summed E-state index contributed by atoms with van der Waals surface area (Å²) in [5.74, 6) is 1.10. The summed E-state index contributed by atoms with van der Waals surface area (Å²) in [5, 5.41) is 10.6. The number of carboxylic acids is 1. The summed E-state index contributed by atoms with van der Waals surface area (Å²) in [6.07, 6.45) is 10.5. The van der Waals surface area contributed by atoms with E-state index in [2.05, 4.69) is 20.8 Å². The van der Waals surface area contributed by atoms with Gasteiger partial charge in [-0.2, -0.15) is 8.42 Å². The number of rotatable bonds is 7. The van der Waals surface area contributed by atoms with Crippen molar-refractivity contribution in [3.63, 3.8) is 0 Å². The largest absolute Gasteiger partial charge is 0.481 e. The van der Waals surface area contributed by atoms with Crippen molar-refractivity contribution in [2.24, 2.45) is 46.3 Å². The highest BCUT2D eigenvalue weighted by Gasteiger charge is 2.66. The summed E-state index contributed by atoms with van der Waals surface area (Å²) in [5.41, 5.74) is 0.411. The molecule has 0 radical (unpaired) electrons. The molecule has 0 bridgehead atoms. The number of fused-ring (bicyclic) bond motifs is 5. The van der Waals surface area contributed by atoms with Crippen LogP contribution in [0.3, 0.4) is 0 Å². The van der Waals surface area contributed by atoms with E-state index in [1.54, 1.807) is 12.1 Å². The summed E-state index contributed by atoms with van der Waals surface area (Å²) >= 11 is 0. The van der Waals surface area contributed by atoms with Crippen LogP contribution in [0.4, 0.5) is 0 Å². The van der Waals surface area contributed by atoms with Crippen LogP contribution >= 0.6 is 0 Å². The van der Waals surface area contributed by atoms with Crippen LogP contribution < -0.4 is 0 Å². The van der Waals surface area contributed by atoms with E-state index in [4.69, 9.17) is 4.18 Å². The van der Waals surface area contributed by atoms with Crippen LogP contribution in [-0.4, -0.2) is 25.6 Å². The SMILES string of the molecule is CCC[C@@H](C)[C@H]1C(OS(=O)(=O)c2ccc(C)cc2)C[C@H]2[C@@H]3CCC4CCCC[C@]4(C(=O)O)[C@H]3CC[C@]12C. The first-order chi connectivity index (χ1) is 17.5. The van der Waals surface area contributed by atoms with Gasteiger partial charge in [0.25, 0.3) is 10.1 Å². The highest BCUT2D eigenvalue weighted by molar-refractivity contribution is 7.86. The fourth-order valence-electron chi connectivity index (χ4n) is 10.0. The topological polar surface area (TPSA) is 80.7 Å². The van der Waals surface area contributed by atoms with E-state index in [1.807, 2.05) is 19.1 Å². The average molecular weight is 531 g/mol. The Balaban J connectivity index is 1.49. The third-order valence-electron chi connectivity index (χ3n) is 11.5. The third-order valence-corrected chi connectivity index (χ3v) is 12.8. The molecular weight excluding hydrogens is 484 g/mol. The Labute approximate surface area is 223 Å². The summed E-state index contributed by atoms with van der Waals surface area (Å²) in [4.78, 5) is 13.2. The molecule has 2 unspecified atom stereocenters. The minimum Gasteiger partial charge on any atom is -0.481 e. The van der Waals surface area contributed by atoms with Crippen LogP contribution in [0.15, 0.2) is 29.2 Å². The zero-order valence-corrected chi connectivity index (χ0v) is 23.9. The van der Waals surface area contributed by atoms with E-state index in [-0.39, 0.29) is 28.3 Å². The second-order valence-corrected chi connectivity index (χ2v) is 14.8. The molecule has 37 heavy (non-hydrogen) atoms. The monoisotopic (exact) mass is 530 g/mol. The molecule has 1 N–H and O–H groups in total. The van der Waals surface area contributed by atoms with Gasteiger partial charge in [0, 0.05) is 0 Å². The first kappa shape index (κ1) is 27.2. The van der Waals surface area contributed by atoms with Gasteiger partial charge in [-0.15, -0.1) is 0 Å². The molecule has 5 rings (SSSR count). The van der Waals surface area contributed by atoms with E-state index in [0.717, 1.165) is 76.2 Å². The van der Waals surface area contributed by atoms with E-state index in [1.165, 1.54) is 0 Å². The summed E-state index contributed by atoms with van der Waals surface area (Å²) in [7, 11) is -3.88. The second kappa shape index (κ2) is 9.97. The zero-order chi connectivity index (χ0) is 26.6. The van der Waals surface area contributed by atoms with Crippen molar-refractivity contribution in [2.75, 3.05) is 0 Å². The number of carboxylic acid groups (broad SMARTS) is 1. The fourth-order valence-corrected chi connectivity index (χ4v) is 11.1. The number of hydrogen-bond acceptors (Lipinski definition) is 4. The lowest BCUT2D eigenvalue weighted by molar-refractivity contribution is -0.179. The standard InChI is InChI=1S/C31H46O5S/c1-5-8-21(3)28-27(36-37(34,35)23-13-10-20(2)11-14-23)19-26-24-15-12-22-9-6-7-17-31(22,29(32)33)25(24)16-18-30(26,28)4/h10-11,13-14,21-22,24-28H,5-9,12,15-19H2,1-4H3,(H,32,33)/t21-,22?,24-,25+,26+,27?,28+,30+,31-/m1/s1. The van der Waals surface area contributed by atoms with E-state index >= 15 is 0 Å². The van der Waals surface area contributed by atoms with E-state index in [9.17, 15) is 18.3 Å². The van der Waals surface area contributed by atoms with Gasteiger partial charge in [-0.05, 0) is 105 Å². The molecule has 4 aliphatic rings. The zero-order valence-electron chi connectivity index (χ0n) is 23.1. The van der Waals surface area contributed by atoms with Crippen molar-refractivity contribution in [3.8, 4) is 0 Å². The molecule has 0 aromatic heterocycles. The Kier molecular flexibility index (Phi) is 7.32. The van der Waals surface area contributed by atoms with Crippen LogP contribution in [-0.2, 0) is 19.1 Å². The highest BCUT2D eigenvalue weighted by atomic mass is 32.2. The summed E-state index contributed by atoms with van der Waals surface area (Å²) in [6.45, 7) is 8.80. The van der Waals surface area contributed by atoms with Gasteiger partial charge in [0.1, 0.15) is 0 Å². The van der Waals surface area contributed by atoms with Crippen LogP contribution in [0.5, 0.6) is 0 Å². The van der Waals surface area contributed by atoms with Crippen molar-refractivity contribution < 1.29 is 22.5 Å². The lowest BCUT2D eigenvalue weighted by Gasteiger charge is -2.59. The van der Waals surface area contributed by atoms with Gasteiger partial charge in [-0.3, -0.25) is 8.98 Å². The highest BCUT2D eigenvalue weighted by Crippen LogP contribution is 2.69. The average Bonchev–Trinajstić information content (AvgIpc) is 3.15. The van der Waals surface area contributed by atoms with Gasteiger partial charge in [0.05, 0.1) is 16.4 Å².